The summed E-state index contributed by atoms with van der Waals surface area (Å²) in [5.74, 6) is 0. The molecule has 0 atom stereocenters. The Hall–Kier alpha value is 0.350. The third-order valence-corrected chi connectivity index (χ3v) is 3.62. The molecule has 63 valence electrons. The molecule has 1 aromatic carbocycles. The maximum atomic E-state index is 3.10. The molecule has 0 heterocycles. The Balaban J connectivity index is 0. The summed E-state index contributed by atoms with van der Waals surface area (Å²) < 4.78 is 0. The molecule has 0 bridgehead atoms. The van der Waals surface area contributed by atoms with Gasteiger partial charge in [-0.25, -0.2) is 0 Å². The van der Waals surface area contributed by atoms with Crippen molar-refractivity contribution < 1.29 is 31.9 Å². The van der Waals surface area contributed by atoms with Crippen LogP contribution in [-0.4, -0.2) is 8.07 Å². The Morgan fingerprint density at radius 2 is 1.83 bits per heavy atom. The van der Waals surface area contributed by atoms with Crippen LogP contribution < -0.4 is 17.6 Å². The van der Waals surface area contributed by atoms with Crippen molar-refractivity contribution in [2.75, 3.05) is 0 Å². The van der Waals surface area contributed by atoms with Crippen LogP contribution in [-0.2, 0) is 19.5 Å². The third-order valence-electron chi connectivity index (χ3n) is 1.57. The zero-order valence-electron chi connectivity index (χ0n) is 7.89. The molecular weight excluding hydrogens is 237 g/mol. The van der Waals surface area contributed by atoms with Gasteiger partial charge in [0.25, 0.3) is 0 Å². The average molecular weight is 250 g/mol. The van der Waals surface area contributed by atoms with Crippen LogP contribution in [0.2, 0.25) is 19.6 Å². The molecule has 0 saturated heterocycles. The molecular formula is C9H13ClSiZn-. The van der Waals surface area contributed by atoms with Gasteiger partial charge in [0.1, 0.15) is 0 Å². The zero-order valence-corrected chi connectivity index (χ0v) is 12.6. The van der Waals surface area contributed by atoms with Crippen molar-refractivity contribution in [3.63, 3.8) is 0 Å². The third kappa shape index (κ3) is 4.39. The summed E-state index contributed by atoms with van der Waals surface area (Å²) >= 11 is 0. The van der Waals surface area contributed by atoms with Crippen LogP contribution in [0, 0.1) is 6.07 Å². The van der Waals surface area contributed by atoms with E-state index < -0.39 is 8.07 Å². The van der Waals surface area contributed by atoms with Gasteiger partial charge in [0.2, 0.25) is 0 Å². The van der Waals surface area contributed by atoms with Crippen LogP contribution in [0.5, 0.6) is 0 Å². The van der Waals surface area contributed by atoms with E-state index in [1.807, 2.05) is 6.07 Å². The monoisotopic (exact) mass is 248 g/mol. The second-order valence-corrected chi connectivity index (χ2v) is 8.62. The molecule has 0 aliphatic heterocycles. The number of rotatable bonds is 1. The van der Waals surface area contributed by atoms with Crippen LogP contribution in [0.4, 0.5) is 0 Å². The topological polar surface area (TPSA) is 0 Å². The molecule has 0 unspecified atom stereocenters. The van der Waals surface area contributed by atoms with E-state index >= 15 is 0 Å². The van der Waals surface area contributed by atoms with Crippen LogP contribution in [0.3, 0.4) is 0 Å². The van der Waals surface area contributed by atoms with Crippen LogP contribution in [0.15, 0.2) is 24.3 Å². The van der Waals surface area contributed by atoms with Crippen molar-refractivity contribution in [1.82, 2.24) is 0 Å². The van der Waals surface area contributed by atoms with E-state index in [1.165, 1.54) is 5.19 Å². The average Bonchev–Trinajstić information content (AvgIpc) is 1.88. The number of halogens is 1. The molecule has 0 fully saturated rings. The van der Waals surface area contributed by atoms with E-state index in [0.717, 1.165) is 0 Å². The predicted octanol–water partition coefficient (Wildman–Crippen LogP) is -0.967. The molecule has 0 aliphatic carbocycles. The Morgan fingerprint density at radius 3 is 2.08 bits per heavy atom. The minimum atomic E-state index is -1.06. The van der Waals surface area contributed by atoms with Crippen LogP contribution in [0.25, 0.3) is 0 Å². The summed E-state index contributed by atoms with van der Waals surface area (Å²) in [6.45, 7) is 7.03. The first-order chi connectivity index (χ1) is 4.61. The van der Waals surface area contributed by atoms with Gasteiger partial charge in [-0.3, -0.25) is 0 Å². The summed E-state index contributed by atoms with van der Waals surface area (Å²) in [4.78, 5) is 0. The van der Waals surface area contributed by atoms with E-state index in [9.17, 15) is 0 Å². The summed E-state index contributed by atoms with van der Waals surface area (Å²) in [7, 11) is -1.06. The van der Waals surface area contributed by atoms with Crippen molar-refractivity contribution in [3.05, 3.63) is 30.3 Å². The maximum Gasteiger partial charge on any atom is 0.0776 e. The number of benzene rings is 1. The largest absolute Gasteiger partial charge is 1.00 e. The first kappa shape index (κ1) is 14.9. The molecule has 12 heavy (non-hydrogen) atoms. The van der Waals surface area contributed by atoms with Crippen molar-refractivity contribution in [2.45, 2.75) is 19.6 Å². The van der Waals surface area contributed by atoms with E-state index in [0.29, 0.717) is 0 Å². The van der Waals surface area contributed by atoms with Gasteiger partial charge in [-0.05, 0) is 6.07 Å². The molecule has 1 radical (unpaired) electrons. The molecule has 1 rings (SSSR count). The predicted molar refractivity (Wildman–Crippen MR) is 48.3 cm³/mol. The first-order valence-corrected chi connectivity index (χ1v) is 7.07. The maximum absolute atomic E-state index is 3.10. The molecule has 0 spiro atoms. The van der Waals surface area contributed by atoms with E-state index in [4.69, 9.17) is 0 Å². The fourth-order valence-corrected chi connectivity index (χ4v) is 1.97. The normalized spacial score (nSPS) is 9.58. The van der Waals surface area contributed by atoms with E-state index in [2.05, 4.69) is 43.9 Å². The van der Waals surface area contributed by atoms with Gasteiger partial charge >= 0.3 is 0 Å². The van der Waals surface area contributed by atoms with Crippen LogP contribution in [0.1, 0.15) is 0 Å². The van der Waals surface area contributed by atoms with Crippen molar-refractivity contribution >= 4 is 13.3 Å². The van der Waals surface area contributed by atoms with Crippen molar-refractivity contribution in [2.24, 2.45) is 0 Å². The SMILES string of the molecule is C[Si](C)(C)c1c[c]ccc1.[Cl-].[Zn]. The molecule has 0 N–H and O–H groups in total. The van der Waals surface area contributed by atoms with Gasteiger partial charge in [0, 0.05) is 19.5 Å². The van der Waals surface area contributed by atoms with Gasteiger partial charge < -0.3 is 12.4 Å². The molecule has 0 saturated carbocycles. The standard InChI is InChI=1S/C9H13Si.ClH.Zn/c1-10(2,3)9-7-5-4-6-8-9;;/h4-5,7-8H,1-3H3;1H;/p-1. The summed E-state index contributed by atoms with van der Waals surface area (Å²) in [5.41, 5.74) is 0. The molecule has 1 aromatic rings. The summed E-state index contributed by atoms with van der Waals surface area (Å²) in [5, 5.41) is 1.48. The Morgan fingerprint density at radius 1 is 1.25 bits per heavy atom. The van der Waals surface area contributed by atoms with Gasteiger partial charge in [-0.15, -0.1) is 0 Å². The van der Waals surface area contributed by atoms with Crippen molar-refractivity contribution in [3.8, 4) is 0 Å². The Bertz CT molecular complexity index is 206. The van der Waals surface area contributed by atoms with Gasteiger partial charge in [0.15, 0.2) is 0 Å². The smallest absolute Gasteiger partial charge is 0.0776 e. The molecule has 0 amide bonds. The van der Waals surface area contributed by atoms with E-state index in [-0.39, 0.29) is 31.9 Å². The van der Waals surface area contributed by atoms with Gasteiger partial charge in [-0.1, -0.05) is 49.1 Å². The van der Waals surface area contributed by atoms with Gasteiger partial charge in [0.05, 0.1) is 8.07 Å². The van der Waals surface area contributed by atoms with Crippen LogP contribution >= 0.6 is 0 Å². The zero-order chi connectivity index (χ0) is 7.61. The fourth-order valence-electron chi connectivity index (χ4n) is 0.860. The Labute approximate surface area is 94.9 Å². The minimum absolute atomic E-state index is 0. The van der Waals surface area contributed by atoms with Gasteiger partial charge in [-0.2, -0.15) is 0 Å². The second-order valence-electron chi connectivity index (χ2n) is 3.54. The molecule has 0 nitrogen and oxygen atoms in total. The summed E-state index contributed by atoms with van der Waals surface area (Å²) in [6.07, 6.45) is 0. The van der Waals surface area contributed by atoms with E-state index in [1.54, 1.807) is 0 Å². The number of hydrogen-bond donors (Lipinski definition) is 0. The number of hydrogen-bond acceptors (Lipinski definition) is 0. The molecule has 0 aliphatic rings. The summed E-state index contributed by atoms with van der Waals surface area (Å²) in [6, 6.07) is 11.4. The molecule has 0 aromatic heterocycles. The fraction of sp³-hybridized carbons (Fsp3) is 0.333. The second kappa shape index (κ2) is 5.90. The molecule has 3 heteroatoms. The minimum Gasteiger partial charge on any atom is -1.00 e. The quantitative estimate of drug-likeness (QED) is 0.563. The van der Waals surface area contributed by atoms with Crippen molar-refractivity contribution in [1.29, 1.82) is 0 Å². The Kier molecular flexibility index (Phi) is 7.31. The first-order valence-electron chi connectivity index (χ1n) is 3.57.